The highest BCUT2D eigenvalue weighted by Crippen LogP contribution is 2.60. The summed E-state index contributed by atoms with van der Waals surface area (Å²) in [5.74, 6) is 0. The van der Waals surface area contributed by atoms with Crippen LogP contribution in [0.5, 0.6) is 0 Å². The van der Waals surface area contributed by atoms with Crippen LogP contribution in [0.25, 0.3) is 231 Å². The third-order valence-electron chi connectivity index (χ3n) is 27.3. The number of nitriles is 1. The molecule has 7 aromatic heterocycles. The number of benzene rings is 20. The number of hydrogen-bond acceptors (Lipinski definition) is 7. The van der Waals surface area contributed by atoms with Gasteiger partial charge in [-0.2, -0.15) is 5.26 Å². The lowest BCUT2D eigenvalue weighted by Crippen LogP contribution is -2.61. The van der Waals surface area contributed by atoms with Crippen LogP contribution in [0.1, 0.15) is 24.8 Å². The van der Waals surface area contributed by atoms with Gasteiger partial charge >= 0.3 is 0 Å². The molecule has 0 unspecified atom stereocenters. The Morgan fingerprint density at radius 1 is 0.291 bits per heavy atom. The van der Waals surface area contributed by atoms with E-state index in [4.69, 9.17) is 24.2 Å². The first-order valence-electron chi connectivity index (χ1n) is 51.2. The molecule has 0 fully saturated rings. The minimum absolute atomic E-state index is 0.127. The molecule has 12 heteroatoms. The second-order valence-corrected chi connectivity index (χ2v) is 34.2. The summed E-state index contributed by atoms with van der Waals surface area (Å²) in [6.07, 6.45) is 0. The Balaban J connectivity index is 0.862. The molecule has 29 rings (SSSR count). The number of nitrogens with zero attached hydrogens (tertiary/aromatic N) is 7. The predicted octanol–water partition coefficient (Wildman–Crippen LogP) is 31.4. The predicted molar refractivity (Wildman–Crippen MR) is 551 cm³/mol. The first-order valence-corrected chi connectivity index (χ1v) is 44.2. The zero-order valence-electron chi connectivity index (χ0n) is 84.5. The summed E-state index contributed by atoms with van der Waals surface area (Å²) in [6, 6.07) is 104. The van der Waals surface area contributed by atoms with Crippen LogP contribution in [0.2, 0.25) is 0 Å². The topological polar surface area (TPSA) is 102 Å². The smallest absolute Gasteiger partial charge is 0.252 e. The molecule has 20 aromatic carbocycles. The molecule has 0 N–H and O–H groups in total. The van der Waals surface area contributed by atoms with Crippen molar-refractivity contribution in [3.63, 3.8) is 0 Å². The van der Waals surface area contributed by atoms with E-state index in [1.165, 1.54) is 0 Å². The van der Waals surface area contributed by atoms with Gasteiger partial charge in [0, 0.05) is 124 Å². The van der Waals surface area contributed by atoms with Crippen LogP contribution in [-0.2, 0) is 0 Å². The highest BCUT2D eigenvalue weighted by molar-refractivity contribution is 7.00. The molecule has 2 aliphatic rings. The summed E-state index contributed by atoms with van der Waals surface area (Å²) in [6.45, 7) is 7.51. The van der Waals surface area contributed by atoms with Gasteiger partial charge in [0.05, 0.1) is 89.9 Å². The van der Waals surface area contributed by atoms with Gasteiger partial charge in [-0.25, -0.2) is 4.85 Å². The van der Waals surface area contributed by atoms with Gasteiger partial charge in [0.25, 0.3) is 6.71 Å². The minimum atomic E-state index is -0.996. The van der Waals surface area contributed by atoms with E-state index in [2.05, 4.69) is 147 Å². The third kappa shape index (κ3) is 10.4. The number of fused-ring (bicyclic) bond motifs is 25. The summed E-state index contributed by atoms with van der Waals surface area (Å²) in [7, 11) is 0. The average Bonchev–Trinajstić information content (AvgIpc) is 0.713. The number of para-hydroxylation sites is 8. The lowest BCUT2D eigenvalue weighted by Gasteiger charge is -2.45. The van der Waals surface area contributed by atoms with Gasteiger partial charge in [0.15, 0.2) is 5.69 Å². The summed E-state index contributed by atoms with van der Waals surface area (Å²) in [4.78, 5) is 8.27. The van der Waals surface area contributed by atoms with E-state index in [1.807, 2.05) is 206 Å². The van der Waals surface area contributed by atoms with Crippen molar-refractivity contribution in [2.24, 2.45) is 0 Å². The molecule has 0 saturated heterocycles. The molecule has 0 amide bonds. The summed E-state index contributed by atoms with van der Waals surface area (Å²) in [5.41, 5.74) is 18.8. The molecule has 0 saturated carbocycles. The van der Waals surface area contributed by atoms with E-state index in [-0.39, 0.29) is 55.0 Å². The normalized spacial score (nSPS) is 14.0. The van der Waals surface area contributed by atoms with Crippen molar-refractivity contribution in [1.29, 1.82) is 5.26 Å². The van der Waals surface area contributed by atoms with Crippen LogP contribution < -0.4 is 26.2 Å². The molecule has 0 atom stereocenters. The molecule has 0 radical (unpaired) electrons. The molecular formula is C122H68BN7O4. The van der Waals surface area contributed by atoms with E-state index >= 15 is 0 Å². The monoisotopic (exact) mass is 1720 g/mol. The van der Waals surface area contributed by atoms with Crippen LogP contribution in [0, 0.1) is 17.9 Å². The van der Waals surface area contributed by atoms with Crippen molar-refractivity contribution in [3.8, 4) is 78.8 Å². The van der Waals surface area contributed by atoms with Crippen molar-refractivity contribution in [1.82, 2.24) is 13.7 Å². The maximum absolute atomic E-state index is 11.0. The van der Waals surface area contributed by atoms with Crippen LogP contribution in [0.4, 0.5) is 39.8 Å². The molecule has 27 aromatic rings. The number of hydrogen-bond donors (Lipinski definition) is 0. The first kappa shape index (κ1) is 61.2. The summed E-state index contributed by atoms with van der Waals surface area (Å²) >= 11 is 0. The molecule has 0 bridgehead atoms. The SMILES string of the molecule is [2H]c1c([2H])c([2H])c2c(c1[2H])c1c([2H])c(C#N)c([2H])c([2H])c1n2-c1ccc2c(c1)N(c1c(-c3cccc4oc5ccccc5c34)cc(-c3ccccc3)c3oc4ccccc4c13)c1cc(-c3ccc4c(c3)c3ccccc3n4-c3ccccc3)cc3c1B2c1ccc(-n2c4c([2H])c([2H])c([2H])c([2H])c4c4c([2H])c([N+]#[C-])c([2H])c([2H])c42)cc1N3c1c(-c2cccc3oc4ccccc4c23)cc(-c2ccccc2)c2oc3ccccc3c12. The highest BCUT2D eigenvalue weighted by Gasteiger charge is 2.47. The minimum Gasteiger partial charge on any atom is -0.456 e. The van der Waals surface area contributed by atoms with Gasteiger partial charge in [-0.1, -0.05) is 255 Å². The van der Waals surface area contributed by atoms with Gasteiger partial charge in [-0.3, -0.25) is 0 Å². The molecule has 2 aliphatic heterocycles. The fourth-order valence-corrected chi connectivity index (χ4v) is 21.9. The van der Waals surface area contributed by atoms with E-state index < -0.39 is 103 Å². The lowest BCUT2D eigenvalue weighted by molar-refractivity contribution is 0.668. The zero-order valence-corrected chi connectivity index (χ0v) is 70.5. The maximum Gasteiger partial charge on any atom is 0.252 e. The number of furan rings is 4. The van der Waals surface area contributed by atoms with E-state index in [9.17, 15) is 24.5 Å². The molecule has 9 heterocycles. The van der Waals surface area contributed by atoms with Gasteiger partial charge in [0.1, 0.15) is 44.7 Å². The van der Waals surface area contributed by atoms with Crippen molar-refractivity contribution in [2.45, 2.75) is 0 Å². The molecule has 0 aliphatic carbocycles. The number of aromatic nitrogens is 3. The maximum atomic E-state index is 11.0. The van der Waals surface area contributed by atoms with Gasteiger partial charge in [-0.15, -0.1) is 0 Å². The molecule has 134 heavy (non-hydrogen) atoms. The Kier molecular flexibility index (Phi) is 12.8. The van der Waals surface area contributed by atoms with Crippen LogP contribution >= 0.6 is 0 Å². The largest absolute Gasteiger partial charge is 0.456 e. The molecular weight excluding hydrogens is 1640 g/mol. The van der Waals surface area contributed by atoms with Gasteiger partial charge in [-0.05, 0) is 213 Å². The second-order valence-electron chi connectivity index (χ2n) is 34.2. The van der Waals surface area contributed by atoms with E-state index in [1.54, 1.807) is 9.13 Å². The molecule has 11 nitrogen and oxygen atoms in total. The first-order chi connectivity index (χ1) is 72.2. The second kappa shape index (κ2) is 28.1. The van der Waals surface area contributed by atoms with Crippen molar-refractivity contribution < 1.29 is 36.9 Å². The number of anilines is 6. The Bertz CT molecular complexity index is 10300. The third-order valence-corrected chi connectivity index (χ3v) is 27.3. The standard InChI is InChI=1S/C122H68BN7O4/c1-125-76-53-60-103-93(65-76)82-35-13-20-44-100(82)128(103)79-55-57-97-105(67-79)130(120-95(84-41-26-50-113-115(84)86-37-15-22-46-109(86)132-113)69-90(73-29-7-3-8-30-73)122-117(120)88-39-17-24-48-111(88)134-122)107-64-75(74-52-59-102-92(62-74)81-34-12-18-42-98(81)126(102)77-31-9-4-10-32-77)63-106-118(107)123(97)96-56-54-78(127-99-43-19-11-33-80(99)91-61-71(70-124)51-58-101(91)127)66-104(96)129(106)119-94(83-40-25-49-112-114(83)85-36-14-21-45-108(85)131-112)68-89(72-27-5-2-6-28-72)121-116(119)87-38-16-23-47-110(87)133-121/h2-69H/i11D,13D,19D,20D,33D,35D,43D,44D,51D,53D,58D,60D,61D,65D. The molecule has 0 spiro atoms. The van der Waals surface area contributed by atoms with Crippen molar-refractivity contribution >= 4 is 216 Å². The van der Waals surface area contributed by atoms with Crippen molar-refractivity contribution in [2.75, 3.05) is 9.80 Å². The van der Waals surface area contributed by atoms with Crippen LogP contribution in [0.3, 0.4) is 0 Å². The lowest BCUT2D eigenvalue weighted by atomic mass is 9.33. The Morgan fingerprint density at radius 3 is 1.26 bits per heavy atom. The Labute approximate surface area is 785 Å². The van der Waals surface area contributed by atoms with Gasteiger partial charge in [0.2, 0.25) is 0 Å². The Morgan fingerprint density at radius 2 is 0.731 bits per heavy atom. The van der Waals surface area contributed by atoms with Crippen molar-refractivity contribution in [3.05, 3.63) is 429 Å². The summed E-state index contributed by atoms with van der Waals surface area (Å²) in [5, 5.41) is 18.2. The summed E-state index contributed by atoms with van der Waals surface area (Å²) < 4.78 is 173. The fraction of sp³-hybridized carbons (Fsp3) is 0. The number of rotatable bonds is 10. The van der Waals surface area contributed by atoms with Crippen LogP contribution in [-0.4, -0.2) is 20.4 Å². The average molecular weight is 1720 g/mol. The highest BCUT2D eigenvalue weighted by atomic mass is 16.3. The van der Waals surface area contributed by atoms with E-state index in [0.717, 1.165) is 88.0 Å². The quantitative estimate of drug-likeness (QED) is 0.0993. The van der Waals surface area contributed by atoms with Gasteiger partial charge < -0.3 is 41.2 Å². The Hall–Kier alpha value is -18.4. The van der Waals surface area contributed by atoms with E-state index in [0.29, 0.717) is 133 Å². The fourth-order valence-electron chi connectivity index (χ4n) is 21.9. The molecule has 618 valence electrons. The van der Waals surface area contributed by atoms with Crippen LogP contribution in [0.15, 0.2) is 430 Å². The zero-order chi connectivity index (χ0) is 100.0.